The van der Waals surface area contributed by atoms with Gasteiger partial charge in [-0.15, -0.1) is 0 Å². The highest BCUT2D eigenvalue weighted by atomic mass is 16.3. The molecule has 4 rings (SSSR count). The fourth-order valence-corrected chi connectivity index (χ4v) is 2.66. The number of aliphatic hydroxyl groups is 1. The molecule has 1 atom stereocenters. The molecule has 136 valence electrons. The first-order chi connectivity index (χ1) is 13.1. The summed E-state index contributed by atoms with van der Waals surface area (Å²) in [6.45, 7) is -0.546. The maximum Gasteiger partial charge on any atom is 0.252 e. The van der Waals surface area contributed by atoms with E-state index in [2.05, 4.69) is 36.2 Å². The third kappa shape index (κ3) is 3.33. The van der Waals surface area contributed by atoms with E-state index in [0.29, 0.717) is 22.3 Å². The van der Waals surface area contributed by atoms with Gasteiger partial charge in [0, 0.05) is 16.6 Å². The maximum atomic E-state index is 12.4. The average Bonchev–Trinajstić information content (AvgIpc) is 3.33. The second-order valence-corrected chi connectivity index (χ2v) is 5.90. The Morgan fingerprint density at radius 3 is 2.81 bits per heavy atom. The number of fused-ring (bicyclic) bond motifs is 2. The molecule has 0 fully saturated rings. The lowest BCUT2D eigenvalue weighted by Gasteiger charge is -2.16. The van der Waals surface area contributed by atoms with E-state index >= 15 is 0 Å². The van der Waals surface area contributed by atoms with Crippen LogP contribution in [-0.4, -0.2) is 55.2 Å². The molecule has 0 bridgehead atoms. The molecule has 0 spiro atoms. The molecule has 5 N–H and O–H groups in total. The first-order valence-corrected chi connectivity index (χ1v) is 8.10. The second kappa shape index (κ2) is 6.84. The van der Waals surface area contributed by atoms with Gasteiger partial charge in [-0.25, -0.2) is 0 Å². The molecule has 10 nitrogen and oxygen atoms in total. The molecule has 2 heterocycles. The molecule has 2 aromatic carbocycles. The van der Waals surface area contributed by atoms with Gasteiger partial charge in [0.1, 0.15) is 17.1 Å². The van der Waals surface area contributed by atoms with E-state index in [1.165, 1.54) is 0 Å². The van der Waals surface area contributed by atoms with Crippen LogP contribution in [-0.2, 0) is 4.79 Å². The van der Waals surface area contributed by atoms with Crippen molar-refractivity contribution in [2.24, 2.45) is 0 Å². The molecule has 0 aliphatic carbocycles. The SMILES string of the molecule is O=C(N[C@@H](CO)C(=O)Nc1ccc2cn[nH]c2c1)c1ccc2n[nH]nc2c1. The molecule has 0 aliphatic heterocycles. The Balaban J connectivity index is 1.46. The van der Waals surface area contributed by atoms with Crippen molar-refractivity contribution in [3.63, 3.8) is 0 Å². The van der Waals surface area contributed by atoms with E-state index in [1.54, 1.807) is 42.6 Å². The number of carbonyl (C=O) groups excluding carboxylic acids is 2. The molecular formula is C17H15N7O3. The lowest BCUT2D eigenvalue weighted by atomic mass is 10.1. The minimum Gasteiger partial charge on any atom is -0.394 e. The van der Waals surface area contributed by atoms with Crippen molar-refractivity contribution in [1.29, 1.82) is 0 Å². The topological polar surface area (TPSA) is 149 Å². The summed E-state index contributed by atoms with van der Waals surface area (Å²) >= 11 is 0. The second-order valence-electron chi connectivity index (χ2n) is 5.90. The number of anilines is 1. The number of nitrogens with zero attached hydrogens (tertiary/aromatic N) is 3. The van der Waals surface area contributed by atoms with Crippen LogP contribution in [0.3, 0.4) is 0 Å². The summed E-state index contributed by atoms with van der Waals surface area (Å²) in [5.41, 5.74) is 2.74. The molecule has 27 heavy (non-hydrogen) atoms. The highest BCUT2D eigenvalue weighted by Crippen LogP contribution is 2.17. The summed E-state index contributed by atoms with van der Waals surface area (Å²) in [6, 6.07) is 8.88. The van der Waals surface area contributed by atoms with Crippen molar-refractivity contribution in [3.8, 4) is 0 Å². The molecule has 2 aromatic heterocycles. The van der Waals surface area contributed by atoms with E-state index in [-0.39, 0.29) is 0 Å². The summed E-state index contributed by atoms with van der Waals surface area (Å²) < 4.78 is 0. The highest BCUT2D eigenvalue weighted by Gasteiger charge is 2.21. The zero-order chi connectivity index (χ0) is 18.8. The monoisotopic (exact) mass is 365 g/mol. The number of aromatic nitrogens is 5. The summed E-state index contributed by atoms with van der Waals surface area (Å²) in [6.07, 6.45) is 1.67. The van der Waals surface area contributed by atoms with E-state index in [0.717, 1.165) is 10.9 Å². The Hall–Kier alpha value is -3.79. The number of rotatable bonds is 5. The van der Waals surface area contributed by atoms with Gasteiger partial charge in [0.05, 0.1) is 18.3 Å². The lowest BCUT2D eigenvalue weighted by molar-refractivity contribution is -0.118. The van der Waals surface area contributed by atoms with Gasteiger partial charge in [0.15, 0.2) is 0 Å². The molecule has 0 saturated carbocycles. The first-order valence-electron chi connectivity index (χ1n) is 8.10. The minimum absolute atomic E-state index is 0.307. The fourth-order valence-electron chi connectivity index (χ4n) is 2.66. The van der Waals surface area contributed by atoms with Crippen molar-refractivity contribution in [3.05, 3.63) is 48.2 Å². The van der Waals surface area contributed by atoms with Gasteiger partial charge < -0.3 is 15.7 Å². The van der Waals surface area contributed by atoms with Crippen LogP contribution in [0.4, 0.5) is 5.69 Å². The summed E-state index contributed by atoms with van der Waals surface area (Å²) in [4.78, 5) is 24.8. The van der Waals surface area contributed by atoms with Crippen molar-refractivity contribution in [1.82, 2.24) is 30.9 Å². The van der Waals surface area contributed by atoms with Crippen LogP contribution in [0, 0.1) is 0 Å². The predicted octanol–water partition coefficient (Wildman–Crippen LogP) is 0.564. The fraction of sp³-hybridized carbons (Fsp3) is 0.118. The molecule has 0 saturated heterocycles. The van der Waals surface area contributed by atoms with Gasteiger partial charge in [-0.2, -0.15) is 20.5 Å². The third-order valence-electron chi connectivity index (χ3n) is 4.09. The first kappa shape index (κ1) is 16.7. The molecular weight excluding hydrogens is 350 g/mol. The van der Waals surface area contributed by atoms with Crippen LogP contribution < -0.4 is 10.6 Å². The summed E-state index contributed by atoms with van der Waals surface area (Å²) in [5.74, 6) is -1.04. The molecule has 0 aliphatic rings. The highest BCUT2D eigenvalue weighted by molar-refractivity contribution is 6.03. The van der Waals surface area contributed by atoms with Gasteiger partial charge in [0.25, 0.3) is 5.91 Å². The maximum absolute atomic E-state index is 12.4. The Morgan fingerprint density at radius 1 is 1.11 bits per heavy atom. The number of carbonyl (C=O) groups is 2. The van der Waals surface area contributed by atoms with Gasteiger partial charge >= 0.3 is 0 Å². The molecule has 4 aromatic rings. The zero-order valence-electron chi connectivity index (χ0n) is 13.9. The number of hydrogen-bond donors (Lipinski definition) is 5. The number of hydrogen-bond acceptors (Lipinski definition) is 6. The number of amides is 2. The number of nitrogens with one attached hydrogen (secondary N) is 4. The summed E-state index contributed by atoms with van der Waals surface area (Å²) in [7, 11) is 0. The molecule has 0 unspecified atom stereocenters. The molecule has 0 radical (unpaired) electrons. The number of H-pyrrole nitrogens is 2. The van der Waals surface area contributed by atoms with Crippen LogP contribution in [0.25, 0.3) is 21.9 Å². The van der Waals surface area contributed by atoms with Crippen molar-refractivity contribution in [2.75, 3.05) is 11.9 Å². The molecule has 10 heteroatoms. The molecule has 2 amide bonds. The average molecular weight is 365 g/mol. The van der Waals surface area contributed by atoms with Crippen molar-refractivity contribution in [2.45, 2.75) is 6.04 Å². The van der Waals surface area contributed by atoms with Crippen LogP contribution in [0.2, 0.25) is 0 Å². The number of aliphatic hydroxyl groups excluding tert-OH is 1. The van der Waals surface area contributed by atoms with E-state index in [4.69, 9.17) is 0 Å². The van der Waals surface area contributed by atoms with Crippen LogP contribution >= 0.6 is 0 Å². The zero-order valence-corrected chi connectivity index (χ0v) is 13.9. The van der Waals surface area contributed by atoms with Crippen molar-refractivity contribution >= 4 is 39.4 Å². The van der Waals surface area contributed by atoms with Crippen LogP contribution in [0.1, 0.15) is 10.4 Å². The summed E-state index contributed by atoms with van der Waals surface area (Å²) in [5, 5.41) is 32.6. The Morgan fingerprint density at radius 2 is 1.96 bits per heavy atom. The largest absolute Gasteiger partial charge is 0.394 e. The van der Waals surface area contributed by atoms with Crippen molar-refractivity contribution < 1.29 is 14.7 Å². The predicted molar refractivity (Wildman–Crippen MR) is 97.0 cm³/mol. The Kier molecular flexibility index (Phi) is 4.22. The van der Waals surface area contributed by atoms with Crippen LogP contribution in [0.15, 0.2) is 42.6 Å². The number of aromatic amines is 2. The normalized spacial score (nSPS) is 12.2. The van der Waals surface area contributed by atoms with E-state index < -0.39 is 24.5 Å². The smallest absolute Gasteiger partial charge is 0.252 e. The van der Waals surface area contributed by atoms with E-state index in [9.17, 15) is 14.7 Å². The Bertz CT molecular complexity index is 1130. The third-order valence-corrected chi connectivity index (χ3v) is 4.09. The lowest BCUT2D eigenvalue weighted by Crippen LogP contribution is -2.46. The van der Waals surface area contributed by atoms with E-state index in [1.807, 2.05) is 0 Å². The van der Waals surface area contributed by atoms with Gasteiger partial charge in [0.2, 0.25) is 5.91 Å². The van der Waals surface area contributed by atoms with Gasteiger partial charge in [-0.3, -0.25) is 14.7 Å². The van der Waals surface area contributed by atoms with Crippen LogP contribution in [0.5, 0.6) is 0 Å². The Labute approximate surface area is 152 Å². The number of benzene rings is 2. The van der Waals surface area contributed by atoms with Gasteiger partial charge in [-0.1, -0.05) is 0 Å². The van der Waals surface area contributed by atoms with Gasteiger partial charge in [-0.05, 0) is 36.4 Å². The standard InChI is InChI=1S/C17H15N7O3/c25-8-15(17(27)19-11-3-1-10-7-18-21-13(10)6-11)20-16(26)9-2-4-12-14(5-9)23-24-22-12/h1-7,15,25H,8H2,(H,18,21)(H,19,27)(H,20,26)(H,22,23,24)/t15-/m0/s1. The minimum atomic E-state index is -1.11. The quantitative estimate of drug-likeness (QED) is 0.349.